The molecule has 0 bridgehead atoms. The first-order valence-electron chi connectivity index (χ1n) is 8.36. The zero-order chi connectivity index (χ0) is 18.7. The van der Waals surface area contributed by atoms with Gasteiger partial charge < -0.3 is 16.4 Å². The van der Waals surface area contributed by atoms with Crippen molar-refractivity contribution in [3.8, 4) is 0 Å². The van der Waals surface area contributed by atoms with Crippen molar-refractivity contribution < 1.29 is 9.18 Å². The van der Waals surface area contributed by atoms with Gasteiger partial charge in [0.05, 0.1) is 11.1 Å². The molecule has 1 aromatic carbocycles. The molecule has 7 heteroatoms. The monoisotopic (exact) mass is 353 g/mol. The number of hydrogen-bond donors (Lipinski definition) is 3. The van der Waals surface area contributed by atoms with Crippen LogP contribution in [0.2, 0.25) is 0 Å². The maximum absolute atomic E-state index is 14.3. The Morgan fingerprint density at radius 2 is 2.08 bits per heavy atom. The van der Waals surface area contributed by atoms with Gasteiger partial charge in [-0.2, -0.15) is 0 Å². The molecule has 4 N–H and O–H groups in total. The summed E-state index contributed by atoms with van der Waals surface area (Å²) in [5, 5.41) is 6.98. The Bertz CT molecular complexity index is 960. The summed E-state index contributed by atoms with van der Waals surface area (Å²) in [7, 11) is 0. The molecule has 1 atom stereocenters. The van der Waals surface area contributed by atoms with Crippen molar-refractivity contribution in [2.75, 3.05) is 10.6 Å². The number of nitrogens with one attached hydrogen (secondary N) is 2. The number of rotatable bonds is 6. The fraction of sp³-hybridized carbons (Fsp3) is 0.211. The molecule has 0 fully saturated rings. The molecule has 0 saturated heterocycles. The van der Waals surface area contributed by atoms with Crippen LogP contribution >= 0.6 is 0 Å². The number of fused-ring (bicyclic) bond motifs is 1. The van der Waals surface area contributed by atoms with Crippen LogP contribution in [0.5, 0.6) is 0 Å². The molecule has 0 unspecified atom stereocenters. The number of primary amides is 1. The van der Waals surface area contributed by atoms with E-state index in [1.807, 2.05) is 44.2 Å². The number of carbonyl (C=O) groups excluding carboxylic acids is 1. The minimum absolute atomic E-state index is 0.0107. The molecule has 0 aliphatic carbocycles. The largest absolute Gasteiger partial charge is 0.365 e. The molecule has 0 aliphatic heterocycles. The van der Waals surface area contributed by atoms with Gasteiger partial charge in [0.2, 0.25) is 0 Å². The van der Waals surface area contributed by atoms with E-state index in [1.54, 1.807) is 6.20 Å². The lowest BCUT2D eigenvalue weighted by Gasteiger charge is -2.16. The average Bonchev–Trinajstić information content (AvgIpc) is 2.63. The van der Waals surface area contributed by atoms with Gasteiger partial charge in [-0.05, 0) is 43.7 Å². The van der Waals surface area contributed by atoms with Crippen LogP contribution in [-0.4, -0.2) is 21.9 Å². The van der Waals surface area contributed by atoms with Gasteiger partial charge in [0, 0.05) is 23.3 Å². The summed E-state index contributed by atoms with van der Waals surface area (Å²) in [4.78, 5) is 20.2. The Balaban J connectivity index is 2.00. The summed E-state index contributed by atoms with van der Waals surface area (Å²) in [5.41, 5.74) is 6.92. The Morgan fingerprint density at radius 1 is 1.27 bits per heavy atom. The third-order valence-corrected chi connectivity index (χ3v) is 4.10. The fourth-order valence-electron chi connectivity index (χ4n) is 2.50. The summed E-state index contributed by atoms with van der Waals surface area (Å²) >= 11 is 0. The maximum Gasteiger partial charge on any atom is 0.252 e. The van der Waals surface area contributed by atoms with Crippen LogP contribution in [0.4, 0.5) is 21.7 Å². The molecular formula is C19H20FN5O. The van der Waals surface area contributed by atoms with Gasteiger partial charge in [0.25, 0.3) is 5.91 Å². The van der Waals surface area contributed by atoms with E-state index in [0.717, 1.165) is 23.4 Å². The van der Waals surface area contributed by atoms with E-state index < -0.39 is 11.7 Å². The van der Waals surface area contributed by atoms with Crippen molar-refractivity contribution >= 4 is 34.1 Å². The second-order valence-corrected chi connectivity index (χ2v) is 6.07. The third-order valence-electron chi connectivity index (χ3n) is 4.10. The molecule has 3 aromatic rings. The lowest BCUT2D eigenvalue weighted by atomic mass is 10.2. The number of carbonyl (C=O) groups is 1. The number of amides is 1. The number of anilines is 3. The lowest BCUT2D eigenvalue weighted by molar-refractivity contribution is 0.100. The van der Waals surface area contributed by atoms with Crippen molar-refractivity contribution in [2.24, 2.45) is 5.73 Å². The first-order valence-corrected chi connectivity index (χ1v) is 8.36. The summed E-state index contributed by atoms with van der Waals surface area (Å²) < 4.78 is 14.3. The van der Waals surface area contributed by atoms with Gasteiger partial charge in [-0.3, -0.25) is 9.78 Å². The minimum Gasteiger partial charge on any atom is -0.365 e. The molecule has 3 rings (SSSR count). The number of benzene rings is 1. The van der Waals surface area contributed by atoms with Crippen LogP contribution in [0.25, 0.3) is 10.9 Å². The molecule has 0 saturated carbocycles. The molecule has 6 nitrogen and oxygen atoms in total. The second kappa shape index (κ2) is 7.35. The molecule has 0 spiro atoms. The van der Waals surface area contributed by atoms with Crippen LogP contribution in [-0.2, 0) is 0 Å². The number of nitrogens with two attached hydrogens (primary N) is 1. The Kier molecular flexibility index (Phi) is 4.97. The zero-order valence-electron chi connectivity index (χ0n) is 14.6. The van der Waals surface area contributed by atoms with Crippen LogP contribution in [0.1, 0.15) is 30.6 Å². The topological polar surface area (TPSA) is 92.9 Å². The van der Waals surface area contributed by atoms with E-state index >= 15 is 0 Å². The van der Waals surface area contributed by atoms with Gasteiger partial charge in [0.15, 0.2) is 11.6 Å². The van der Waals surface area contributed by atoms with E-state index in [2.05, 4.69) is 20.6 Å². The minimum atomic E-state index is -0.753. The number of pyridine rings is 2. The number of halogens is 1. The van der Waals surface area contributed by atoms with E-state index in [9.17, 15) is 9.18 Å². The average molecular weight is 353 g/mol. The van der Waals surface area contributed by atoms with Crippen LogP contribution in [0, 0.1) is 5.82 Å². The number of aromatic nitrogens is 2. The van der Waals surface area contributed by atoms with Gasteiger partial charge in [-0.25, -0.2) is 9.37 Å². The molecule has 26 heavy (non-hydrogen) atoms. The highest BCUT2D eigenvalue weighted by molar-refractivity contribution is 5.99. The van der Waals surface area contributed by atoms with Crippen LogP contribution in [0.15, 0.2) is 42.6 Å². The van der Waals surface area contributed by atoms with Crippen LogP contribution < -0.4 is 16.4 Å². The third kappa shape index (κ3) is 3.72. The number of nitrogens with zero attached hydrogens (tertiary/aromatic N) is 2. The van der Waals surface area contributed by atoms with Gasteiger partial charge in [-0.15, -0.1) is 0 Å². The smallest absolute Gasteiger partial charge is 0.252 e. The molecule has 0 aliphatic rings. The van der Waals surface area contributed by atoms with Crippen LogP contribution in [0.3, 0.4) is 0 Å². The quantitative estimate of drug-likeness (QED) is 0.626. The van der Waals surface area contributed by atoms with Crippen molar-refractivity contribution in [1.82, 2.24) is 9.97 Å². The van der Waals surface area contributed by atoms with Gasteiger partial charge >= 0.3 is 0 Å². The van der Waals surface area contributed by atoms with E-state index in [1.165, 1.54) is 0 Å². The van der Waals surface area contributed by atoms with E-state index in [0.29, 0.717) is 5.69 Å². The lowest BCUT2D eigenvalue weighted by Crippen LogP contribution is -2.19. The summed E-state index contributed by atoms with van der Waals surface area (Å²) in [6.45, 7) is 3.90. The number of hydrogen-bond acceptors (Lipinski definition) is 5. The predicted octanol–water partition coefficient (Wildman–Crippen LogP) is 3.82. The van der Waals surface area contributed by atoms with E-state index in [-0.39, 0.29) is 23.2 Å². The molecule has 1 amide bonds. The highest BCUT2D eigenvalue weighted by Gasteiger charge is 2.17. The molecular weight excluding hydrogens is 333 g/mol. The summed E-state index contributed by atoms with van der Waals surface area (Å²) in [5.74, 6) is -1.09. The zero-order valence-corrected chi connectivity index (χ0v) is 14.6. The van der Waals surface area contributed by atoms with Crippen molar-refractivity contribution in [2.45, 2.75) is 26.3 Å². The predicted molar refractivity (Wildman–Crippen MR) is 101 cm³/mol. The molecule has 2 aromatic heterocycles. The fourth-order valence-corrected chi connectivity index (χ4v) is 2.50. The summed E-state index contributed by atoms with van der Waals surface area (Å²) in [6, 6.07) is 10.4. The molecule has 0 radical (unpaired) electrons. The van der Waals surface area contributed by atoms with Crippen molar-refractivity contribution in [1.29, 1.82) is 0 Å². The van der Waals surface area contributed by atoms with Gasteiger partial charge in [0.1, 0.15) is 5.82 Å². The highest BCUT2D eigenvalue weighted by Crippen LogP contribution is 2.26. The van der Waals surface area contributed by atoms with Crippen molar-refractivity contribution in [3.05, 3.63) is 54.0 Å². The highest BCUT2D eigenvalue weighted by atomic mass is 19.1. The Morgan fingerprint density at radius 3 is 2.81 bits per heavy atom. The Hall–Kier alpha value is -3.22. The van der Waals surface area contributed by atoms with Gasteiger partial charge in [-0.1, -0.05) is 13.0 Å². The van der Waals surface area contributed by atoms with Crippen molar-refractivity contribution in [3.63, 3.8) is 0 Å². The molecule has 134 valence electrons. The SMILES string of the molecule is CC[C@@H](C)Nc1nc(Nc2ccc3ncccc3c2)c(C(N)=O)cc1F. The van der Waals surface area contributed by atoms with E-state index in [4.69, 9.17) is 5.73 Å². The summed E-state index contributed by atoms with van der Waals surface area (Å²) in [6.07, 6.45) is 2.52. The first kappa shape index (κ1) is 17.6. The Labute approximate surface area is 150 Å². The normalized spacial score (nSPS) is 12.0. The second-order valence-electron chi connectivity index (χ2n) is 6.07. The molecule has 2 heterocycles. The first-order chi connectivity index (χ1) is 12.5. The standard InChI is InChI=1S/C19H20FN5O/c1-3-11(2)23-19-15(20)10-14(17(21)26)18(25-19)24-13-6-7-16-12(9-13)5-4-8-22-16/h4-11H,3H2,1-2H3,(H2,21,26)(H2,23,24,25)/t11-/m1/s1. The maximum atomic E-state index is 14.3.